The van der Waals surface area contributed by atoms with Crippen molar-refractivity contribution in [2.45, 2.75) is 71.6 Å². The number of amides is 1. The molecule has 0 bridgehead atoms. The van der Waals surface area contributed by atoms with Crippen LogP contribution in [0.4, 0.5) is 0 Å². The number of methoxy groups -OCH3 is 1. The van der Waals surface area contributed by atoms with Crippen LogP contribution in [-0.2, 0) is 14.3 Å². The average Bonchev–Trinajstić information content (AvgIpc) is 2.64. The van der Waals surface area contributed by atoms with Crippen molar-refractivity contribution in [2.24, 2.45) is 5.92 Å². The van der Waals surface area contributed by atoms with Gasteiger partial charge in [-0.15, -0.1) is 0 Å². The van der Waals surface area contributed by atoms with E-state index >= 15 is 0 Å². The van der Waals surface area contributed by atoms with Gasteiger partial charge in [-0.25, -0.2) is 0 Å². The highest BCUT2D eigenvalue weighted by atomic mass is 16.5. The molecule has 0 aromatic heterocycles. The summed E-state index contributed by atoms with van der Waals surface area (Å²) >= 11 is 0. The second-order valence-corrected chi connectivity index (χ2v) is 7.15. The molecular weight excluding hydrogens is 316 g/mol. The molecule has 1 aliphatic carbocycles. The maximum Gasteiger partial charge on any atom is 0.307 e. The minimum atomic E-state index is -0.237. The van der Waals surface area contributed by atoms with E-state index in [0.29, 0.717) is 25.3 Å². The summed E-state index contributed by atoms with van der Waals surface area (Å²) in [7, 11) is 1.40. The second kappa shape index (κ2) is 13.2. The summed E-state index contributed by atoms with van der Waals surface area (Å²) in [6.07, 6.45) is 9.20. The first-order chi connectivity index (χ1) is 12.1. The Morgan fingerprint density at radius 3 is 2.20 bits per heavy atom. The average molecular weight is 355 g/mol. The van der Waals surface area contributed by atoms with Crippen molar-refractivity contribution in [2.75, 3.05) is 39.8 Å². The number of unbranched alkanes of at least 4 members (excludes halogenated alkanes) is 1. The molecule has 0 aromatic carbocycles. The van der Waals surface area contributed by atoms with Crippen LogP contribution >= 0.6 is 0 Å². The molecule has 0 saturated heterocycles. The monoisotopic (exact) mass is 354 g/mol. The SMILES string of the molecule is CCN(CC)CCCCN(CCC(=O)OC)C(=O)CC1CCCCC1. The Morgan fingerprint density at radius 2 is 1.60 bits per heavy atom. The molecule has 1 rings (SSSR count). The van der Waals surface area contributed by atoms with Crippen LogP contribution in [0.1, 0.15) is 71.6 Å². The highest BCUT2D eigenvalue weighted by Crippen LogP contribution is 2.27. The van der Waals surface area contributed by atoms with Gasteiger partial charge in [0.1, 0.15) is 0 Å². The van der Waals surface area contributed by atoms with Crippen LogP contribution in [-0.4, -0.2) is 61.5 Å². The van der Waals surface area contributed by atoms with E-state index in [1.54, 1.807) is 0 Å². The van der Waals surface area contributed by atoms with Crippen molar-refractivity contribution in [3.05, 3.63) is 0 Å². The molecule has 5 heteroatoms. The van der Waals surface area contributed by atoms with Gasteiger partial charge in [0.05, 0.1) is 13.5 Å². The zero-order valence-corrected chi connectivity index (χ0v) is 16.6. The number of carbonyl (C=O) groups is 2. The van der Waals surface area contributed by atoms with Crippen LogP contribution in [0.2, 0.25) is 0 Å². The van der Waals surface area contributed by atoms with Gasteiger partial charge in [0.15, 0.2) is 0 Å². The van der Waals surface area contributed by atoms with E-state index < -0.39 is 0 Å². The normalized spacial score (nSPS) is 15.4. The van der Waals surface area contributed by atoms with E-state index in [9.17, 15) is 9.59 Å². The minimum Gasteiger partial charge on any atom is -0.469 e. The van der Waals surface area contributed by atoms with Crippen molar-refractivity contribution in [3.8, 4) is 0 Å². The summed E-state index contributed by atoms with van der Waals surface area (Å²) in [5.41, 5.74) is 0. The smallest absolute Gasteiger partial charge is 0.307 e. The lowest BCUT2D eigenvalue weighted by atomic mass is 9.86. The van der Waals surface area contributed by atoms with Gasteiger partial charge >= 0.3 is 5.97 Å². The Labute approximate surface area is 154 Å². The van der Waals surface area contributed by atoms with E-state index in [1.807, 2.05) is 4.90 Å². The summed E-state index contributed by atoms with van der Waals surface area (Å²) in [6, 6.07) is 0. The fraction of sp³-hybridized carbons (Fsp3) is 0.900. The Morgan fingerprint density at radius 1 is 0.960 bits per heavy atom. The number of ether oxygens (including phenoxy) is 1. The number of hydrogen-bond donors (Lipinski definition) is 0. The molecule has 1 amide bonds. The van der Waals surface area contributed by atoms with E-state index in [0.717, 1.165) is 39.0 Å². The van der Waals surface area contributed by atoms with Gasteiger partial charge in [0.25, 0.3) is 0 Å². The molecule has 0 spiro atoms. The molecule has 0 unspecified atom stereocenters. The Hall–Kier alpha value is -1.10. The molecule has 1 fully saturated rings. The number of rotatable bonds is 12. The van der Waals surface area contributed by atoms with Crippen molar-refractivity contribution in [1.29, 1.82) is 0 Å². The highest BCUT2D eigenvalue weighted by molar-refractivity contribution is 5.77. The fourth-order valence-electron chi connectivity index (χ4n) is 3.63. The van der Waals surface area contributed by atoms with Crippen LogP contribution in [0.5, 0.6) is 0 Å². The lowest BCUT2D eigenvalue weighted by Gasteiger charge is -2.27. The molecule has 0 heterocycles. The molecule has 1 saturated carbocycles. The van der Waals surface area contributed by atoms with Crippen LogP contribution in [0, 0.1) is 5.92 Å². The van der Waals surface area contributed by atoms with Gasteiger partial charge in [-0.05, 0) is 51.2 Å². The predicted molar refractivity (Wildman–Crippen MR) is 101 cm³/mol. The third-order valence-corrected chi connectivity index (χ3v) is 5.40. The lowest BCUT2D eigenvalue weighted by molar-refractivity contribution is -0.142. The standard InChI is InChI=1S/C20H38N2O3/c1-4-21(5-2)14-9-10-15-22(16-13-20(24)25-3)19(23)17-18-11-7-6-8-12-18/h18H,4-17H2,1-3H3. The quantitative estimate of drug-likeness (QED) is 0.398. The molecule has 5 nitrogen and oxygen atoms in total. The van der Waals surface area contributed by atoms with E-state index in [4.69, 9.17) is 4.74 Å². The zero-order chi connectivity index (χ0) is 18.5. The van der Waals surface area contributed by atoms with Crippen LogP contribution < -0.4 is 0 Å². The predicted octanol–water partition coefficient (Wildman–Crippen LogP) is 3.47. The molecule has 25 heavy (non-hydrogen) atoms. The maximum atomic E-state index is 12.7. The minimum absolute atomic E-state index is 0.221. The van der Waals surface area contributed by atoms with Crippen LogP contribution in [0.15, 0.2) is 0 Å². The van der Waals surface area contributed by atoms with Gasteiger partial charge in [-0.3, -0.25) is 9.59 Å². The first-order valence-corrected chi connectivity index (χ1v) is 10.2. The summed E-state index contributed by atoms with van der Waals surface area (Å²) in [6.45, 7) is 8.83. The third kappa shape index (κ3) is 9.24. The van der Waals surface area contributed by atoms with E-state index in [1.165, 1.54) is 39.2 Å². The zero-order valence-electron chi connectivity index (χ0n) is 16.6. The lowest BCUT2D eigenvalue weighted by Crippen LogP contribution is -2.36. The Balaban J connectivity index is 2.43. The Kier molecular flexibility index (Phi) is 11.5. The van der Waals surface area contributed by atoms with Crippen LogP contribution in [0.25, 0.3) is 0 Å². The van der Waals surface area contributed by atoms with Gasteiger partial charge < -0.3 is 14.5 Å². The van der Waals surface area contributed by atoms with E-state index in [-0.39, 0.29) is 11.9 Å². The summed E-state index contributed by atoms with van der Waals surface area (Å²) in [5, 5.41) is 0. The maximum absolute atomic E-state index is 12.7. The third-order valence-electron chi connectivity index (χ3n) is 5.40. The molecule has 0 aliphatic heterocycles. The first-order valence-electron chi connectivity index (χ1n) is 10.2. The molecule has 0 N–H and O–H groups in total. The van der Waals surface area contributed by atoms with E-state index in [2.05, 4.69) is 18.7 Å². The number of hydrogen-bond acceptors (Lipinski definition) is 4. The molecule has 1 aliphatic rings. The fourth-order valence-corrected chi connectivity index (χ4v) is 3.63. The Bertz CT molecular complexity index is 377. The molecule has 0 aromatic rings. The number of nitrogens with zero attached hydrogens (tertiary/aromatic N) is 2. The van der Waals surface area contributed by atoms with Crippen molar-refractivity contribution >= 4 is 11.9 Å². The number of carbonyl (C=O) groups excluding carboxylic acids is 2. The molecule has 0 atom stereocenters. The summed E-state index contributed by atoms with van der Waals surface area (Å²) in [4.78, 5) is 28.5. The van der Waals surface area contributed by atoms with Gasteiger partial charge in [-0.2, -0.15) is 0 Å². The topological polar surface area (TPSA) is 49.9 Å². The number of esters is 1. The van der Waals surface area contributed by atoms with Gasteiger partial charge in [0.2, 0.25) is 5.91 Å². The van der Waals surface area contributed by atoms with Crippen molar-refractivity contribution in [3.63, 3.8) is 0 Å². The molecular formula is C20H38N2O3. The molecule has 0 radical (unpaired) electrons. The second-order valence-electron chi connectivity index (χ2n) is 7.15. The molecule has 146 valence electrons. The largest absolute Gasteiger partial charge is 0.469 e. The summed E-state index contributed by atoms with van der Waals surface area (Å²) < 4.78 is 4.73. The first kappa shape index (κ1) is 21.9. The van der Waals surface area contributed by atoms with Gasteiger partial charge in [0, 0.05) is 19.5 Å². The van der Waals surface area contributed by atoms with Gasteiger partial charge in [-0.1, -0.05) is 33.1 Å². The summed E-state index contributed by atoms with van der Waals surface area (Å²) in [5.74, 6) is 0.523. The van der Waals surface area contributed by atoms with Crippen molar-refractivity contribution < 1.29 is 14.3 Å². The van der Waals surface area contributed by atoms with Crippen LogP contribution in [0.3, 0.4) is 0 Å². The highest BCUT2D eigenvalue weighted by Gasteiger charge is 2.21. The van der Waals surface area contributed by atoms with Crippen molar-refractivity contribution in [1.82, 2.24) is 9.80 Å².